The summed E-state index contributed by atoms with van der Waals surface area (Å²) in [5.41, 5.74) is 0.842. The summed E-state index contributed by atoms with van der Waals surface area (Å²) in [5.74, 6) is -0.389. The zero-order chi connectivity index (χ0) is 19.0. The zero-order valence-electron chi connectivity index (χ0n) is 14.6. The topological polar surface area (TPSA) is 56.5 Å². The van der Waals surface area contributed by atoms with Gasteiger partial charge in [0.25, 0.3) is 5.91 Å². The lowest BCUT2D eigenvalue weighted by Crippen LogP contribution is -2.23. The van der Waals surface area contributed by atoms with Crippen LogP contribution in [-0.4, -0.2) is 28.2 Å². The lowest BCUT2D eigenvalue weighted by atomic mass is 10.1. The lowest BCUT2D eigenvalue weighted by Gasteiger charge is -2.10. The summed E-state index contributed by atoms with van der Waals surface area (Å²) < 4.78 is 7.70. The number of carbonyl (C=O) groups is 1. The van der Waals surface area contributed by atoms with Gasteiger partial charge in [-0.2, -0.15) is 4.99 Å². The van der Waals surface area contributed by atoms with Crippen LogP contribution in [-0.2, 0) is 11.3 Å². The maximum absolute atomic E-state index is 12.9. The molecule has 0 aliphatic carbocycles. The van der Waals surface area contributed by atoms with Crippen molar-refractivity contribution in [1.82, 2.24) is 9.55 Å². The summed E-state index contributed by atoms with van der Waals surface area (Å²) in [6.07, 6.45) is 5.89. The molecule has 0 bridgehead atoms. The SMILES string of the molecule is Cc1cn(CC2CCCO2)/c(=N/C(=O)c2cc(Cl)c(Cl)c3cccnc23)s1. The largest absolute Gasteiger partial charge is 0.376 e. The van der Waals surface area contributed by atoms with Crippen LogP contribution in [0.25, 0.3) is 10.9 Å². The third kappa shape index (κ3) is 3.80. The molecular weight excluding hydrogens is 405 g/mol. The highest BCUT2D eigenvalue weighted by molar-refractivity contribution is 7.09. The van der Waals surface area contributed by atoms with Gasteiger partial charge in [-0.3, -0.25) is 9.78 Å². The van der Waals surface area contributed by atoms with Crippen molar-refractivity contribution in [1.29, 1.82) is 0 Å². The van der Waals surface area contributed by atoms with Crippen LogP contribution in [0.5, 0.6) is 0 Å². The molecule has 8 heteroatoms. The molecule has 27 heavy (non-hydrogen) atoms. The molecule has 0 N–H and O–H groups in total. The molecule has 1 aromatic carbocycles. The van der Waals surface area contributed by atoms with E-state index in [0.717, 1.165) is 24.3 Å². The van der Waals surface area contributed by atoms with E-state index in [1.54, 1.807) is 18.3 Å². The molecule has 1 amide bonds. The molecule has 3 heterocycles. The molecule has 1 atom stereocenters. The van der Waals surface area contributed by atoms with Crippen molar-refractivity contribution in [2.45, 2.75) is 32.4 Å². The van der Waals surface area contributed by atoms with Crippen molar-refractivity contribution in [3.05, 3.63) is 55.9 Å². The number of hydrogen-bond donors (Lipinski definition) is 0. The third-order valence-corrected chi connectivity index (χ3v) is 6.21. The molecule has 3 aromatic rings. The number of hydrogen-bond acceptors (Lipinski definition) is 4. The van der Waals surface area contributed by atoms with Gasteiger partial charge in [-0.15, -0.1) is 11.3 Å². The molecule has 140 valence electrons. The highest BCUT2D eigenvalue weighted by Crippen LogP contribution is 2.32. The molecule has 1 saturated heterocycles. The monoisotopic (exact) mass is 421 g/mol. The summed E-state index contributed by atoms with van der Waals surface area (Å²) >= 11 is 13.9. The Kier molecular flexibility index (Phi) is 5.32. The Bertz CT molecular complexity index is 1080. The second kappa shape index (κ2) is 7.72. The Labute approximate surface area is 170 Å². The fourth-order valence-corrected chi connectivity index (χ4v) is 4.48. The maximum Gasteiger partial charge on any atom is 0.281 e. The molecule has 5 nitrogen and oxygen atoms in total. The second-order valence-corrected chi connectivity index (χ2v) is 8.45. The van der Waals surface area contributed by atoms with Crippen molar-refractivity contribution in [3.8, 4) is 0 Å². The van der Waals surface area contributed by atoms with Crippen LogP contribution in [0.2, 0.25) is 10.0 Å². The number of pyridine rings is 1. The number of nitrogens with zero attached hydrogens (tertiary/aromatic N) is 3. The molecule has 0 spiro atoms. The van der Waals surface area contributed by atoms with E-state index in [-0.39, 0.29) is 12.0 Å². The average Bonchev–Trinajstić information content (AvgIpc) is 3.28. The predicted molar refractivity (Wildman–Crippen MR) is 108 cm³/mol. The Hall–Kier alpha value is -1.73. The summed E-state index contributed by atoms with van der Waals surface area (Å²) in [6, 6.07) is 5.09. The number of aryl methyl sites for hydroxylation is 1. The molecule has 2 aromatic heterocycles. The first kappa shape index (κ1) is 18.6. The van der Waals surface area contributed by atoms with Crippen LogP contribution >= 0.6 is 34.5 Å². The van der Waals surface area contributed by atoms with Gasteiger partial charge >= 0.3 is 0 Å². The van der Waals surface area contributed by atoms with Gasteiger partial charge in [-0.05, 0) is 38.0 Å². The summed E-state index contributed by atoms with van der Waals surface area (Å²) in [6.45, 7) is 3.48. The minimum Gasteiger partial charge on any atom is -0.376 e. The molecule has 4 rings (SSSR count). The normalized spacial score (nSPS) is 17.7. The van der Waals surface area contributed by atoms with Gasteiger partial charge in [-0.1, -0.05) is 23.2 Å². The Morgan fingerprint density at radius 2 is 2.33 bits per heavy atom. The number of fused-ring (bicyclic) bond motifs is 1. The van der Waals surface area contributed by atoms with Gasteiger partial charge in [0.15, 0.2) is 4.80 Å². The van der Waals surface area contributed by atoms with E-state index in [0.29, 0.717) is 37.9 Å². The smallest absolute Gasteiger partial charge is 0.281 e. The molecule has 1 fully saturated rings. The van der Waals surface area contributed by atoms with E-state index in [1.807, 2.05) is 17.7 Å². The first-order valence-corrected chi connectivity index (χ1v) is 10.2. The highest BCUT2D eigenvalue weighted by Gasteiger charge is 2.19. The quantitative estimate of drug-likeness (QED) is 0.618. The second-order valence-electron chi connectivity index (χ2n) is 6.45. The predicted octanol–water partition coefficient (Wildman–Crippen LogP) is 4.63. The van der Waals surface area contributed by atoms with Crippen molar-refractivity contribution in [2.24, 2.45) is 4.99 Å². The first-order valence-electron chi connectivity index (χ1n) is 8.63. The number of thiazole rings is 1. The summed E-state index contributed by atoms with van der Waals surface area (Å²) in [5, 5.41) is 1.34. The Balaban J connectivity index is 1.76. The Morgan fingerprint density at radius 1 is 1.48 bits per heavy atom. The lowest BCUT2D eigenvalue weighted by molar-refractivity contribution is 0.0950. The Morgan fingerprint density at radius 3 is 3.11 bits per heavy atom. The summed E-state index contributed by atoms with van der Waals surface area (Å²) in [7, 11) is 0. The molecule has 0 radical (unpaired) electrons. The molecule has 1 aliphatic heterocycles. The van der Waals surface area contributed by atoms with Crippen molar-refractivity contribution in [3.63, 3.8) is 0 Å². The first-order chi connectivity index (χ1) is 13.0. The fraction of sp³-hybridized carbons (Fsp3) is 0.316. The number of benzene rings is 1. The van der Waals surface area contributed by atoms with Crippen LogP contribution in [0.3, 0.4) is 0 Å². The summed E-state index contributed by atoms with van der Waals surface area (Å²) in [4.78, 5) is 23.3. The number of rotatable bonds is 3. The van der Waals surface area contributed by atoms with E-state index in [2.05, 4.69) is 9.98 Å². The number of aromatic nitrogens is 2. The number of carbonyl (C=O) groups excluding carboxylic acids is 1. The van der Waals surface area contributed by atoms with E-state index < -0.39 is 0 Å². The number of ether oxygens (including phenoxy) is 1. The van der Waals surface area contributed by atoms with Gasteiger partial charge in [-0.25, -0.2) is 0 Å². The van der Waals surface area contributed by atoms with Crippen molar-refractivity contribution >= 4 is 51.3 Å². The minimum atomic E-state index is -0.389. The van der Waals surface area contributed by atoms with E-state index >= 15 is 0 Å². The fourth-order valence-electron chi connectivity index (χ4n) is 3.22. The maximum atomic E-state index is 12.9. The average molecular weight is 422 g/mol. The van der Waals surface area contributed by atoms with Crippen molar-refractivity contribution in [2.75, 3.05) is 6.61 Å². The van der Waals surface area contributed by atoms with Gasteiger partial charge in [0.2, 0.25) is 0 Å². The molecule has 0 saturated carbocycles. The molecule has 1 unspecified atom stereocenters. The van der Waals surface area contributed by atoms with Gasteiger partial charge in [0, 0.05) is 29.3 Å². The van der Waals surface area contributed by atoms with E-state index in [4.69, 9.17) is 27.9 Å². The van der Waals surface area contributed by atoms with Gasteiger partial charge in [0.05, 0.1) is 33.8 Å². The van der Waals surface area contributed by atoms with Crippen LogP contribution < -0.4 is 4.80 Å². The third-order valence-electron chi connectivity index (χ3n) is 4.47. The number of halogens is 2. The van der Waals surface area contributed by atoms with E-state index in [9.17, 15) is 4.79 Å². The van der Waals surface area contributed by atoms with Crippen LogP contribution in [0.15, 0.2) is 35.6 Å². The number of amides is 1. The molecule has 1 aliphatic rings. The van der Waals surface area contributed by atoms with E-state index in [1.165, 1.54) is 17.4 Å². The standard InChI is InChI=1S/C19H17Cl2N3O2S/c1-11-9-24(10-12-4-3-7-26-12)19(27-11)23-18(25)14-8-15(20)16(21)13-5-2-6-22-17(13)14/h2,5-6,8-9,12H,3-4,7,10H2,1H3/b23-19-. The van der Waals surface area contributed by atoms with Crippen LogP contribution in [0, 0.1) is 6.92 Å². The van der Waals surface area contributed by atoms with Gasteiger partial charge < -0.3 is 9.30 Å². The molecular formula is C19H17Cl2N3O2S. The highest BCUT2D eigenvalue weighted by atomic mass is 35.5. The van der Waals surface area contributed by atoms with Gasteiger partial charge in [0.1, 0.15) is 0 Å². The minimum absolute atomic E-state index is 0.167. The van der Waals surface area contributed by atoms with Crippen LogP contribution in [0.4, 0.5) is 0 Å². The van der Waals surface area contributed by atoms with Crippen molar-refractivity contribution < 1.29 is 9.53 Å². The van der Waals surface area contributed by atoms with Crippen LogP contribution in [0.1, 0.15) is 28.1 Å². The zero-order valence-corrected chi connectivity index (χ0v) is 16.9.